The van der Waals surface area contributed by atoms with Gasteiger partial charge in [-0.25, -0.2) is 23.2 Å². The third-order valence-electron chi connectivity index (χ3n) is 3.84. The van der Waals surface area contributed by atoms with Crippen LogP contribution in [0.5, 0.6) is 0 Å². The summed E-state index contributed by atoms with van der Waals surface area (Å²) in [6.45, 7) is 2.57. The van der Waals surface area contributed by atoms with Crippen molar-refractivity contribution in [2.75, 3.05) is 24.2 Å². The molecule has 0 aliphatic carbocycles. The summed E-state index contributed by atoms with van der Waals surface area (Å²) >= 11 is 0. The van der Waals surface area contributed by atoms with Crippen molar-refractivity contribution in [2.45, 2.75) is 25.8 Å². The number of nitrogens with one attached hydrogen (secondary N) is 3. The molecule has 2 amide bonds. The lowest BCUT2D eigenvalue weighted by Gasteiger charge is -2.16. The number of fused-ring (bicyclic) bond motifs is 1. The number of aromatic amines is 1. The topological polar surface area (TPSA) is 120 Å². The quantitative estimate of drug-likeness (QED) is 0.738. The maximum atomic E-state index is 12.1. The monoisotopic (exact) mass is 352 g/mol. The fourth-order valence-corrected chi connectivity index (χ4v) is 4.28. The van der Waals surface area contributed by atoms with Crippen molar-refractivity contribution < 1.29 is 13.2 Å². The van der Waals surface area contributed by atoms with E-state index in [0.29, 0.717) is 42.9 Å². The SMILES string of the molecule is CCCS(=O)(=O)N1CC[C@H](NC(=O)Nc2cnc3[nH]ccc3n2)C1. The van der Waals surface area contributed by atoms with Gasteiger partial charge in [0.1, 0.15) is 5.52 Å². The summed E-state index contributed by atoms with van der Waals surface area (Å²) in [5.41, 5.74) is 1.30. The third kappa shape index (κ3) is 3.65. The van der Waals surface area contributed by atoms with Gasteiger partial charge in [0.05, 0.1) is 11.9 Å². The van der Waals surface area contributed by atoms with Crippen molar-refractivity contribution in [3.8, 4) is 0 Å². The van der Waals surface area contributed by atoms with Crippen molar-refractivity contribution in [1.29, 1.82) is 0 Å². The van der Waals surface area contributed by atoms with Gasteiger partial charge in [-0.3, -0.25) is 5.32 Å². The molecule has 0 bridgehead atoms. The Kier molecular flexibility index (Phi) is 4.67. The van der Waals surface area contributed by atoms with Gasteiger partial charge in [-0.2, -0.15) is 4.31 Å². The van der Waals surface area contributed by atoms with Crippen molar-refractivity contribution >= 4 is 33.0 Å². The van der Waals surface area contributed by atoms with Gasteiger partial charge in [0.15, 0.2) is 11.5 Å². The Labute approximate surface area is 139 Å². The molecule has 24 heavy (non-hydrogen) atoms. The molecular formula is C14H20N6O3S. The second-order valence-electron chi connectivity index (χ2n) is 5.72. The highest BCUT2D eigenvalue weighted by molar-refractivity contribution is 7.89. The minimum Gasteiger partial charge on any atom is -0.345 e. The van der Waals surface area contributed by atoms with Crippen molar-refractivity contribution in [3.63, 3.8) is 0 Å². The van der Waals surface area contributed by atoms with E-state index in [0.717, 1.165) is 0 Å². The minimum atomic E-state index is -3.22. The van der Waals surface area contributed by atoms with Crippen LogP contribution in [-0.2, 0) is 10.0 Å². The molecule has 2 aromatic rings. The van der Waals surface area contributed by atoms with Crippen LogP contribution in [-0.4, -0.2) is 58.6 Å². The third-order valence-corrected chi connectivity index (χ3v) is 5.89. The fourth-order valence-electron chi connectivity index (χ4n) is 2.71. The second kappa shape index (κ2) is 6.73. The molecule has 0 unspecified atom stereocenters. The Balaban J connectivity index is 1.55. The van der Waals surface area contributed by atoms with Gasteiger partial charge in [0.2, 0.25) is 10.0 Å². The van der Waals surface area contributed by atoms with E-state index in [-0.39, 0.29) is 11.8 Å². The van der Waals surface area contributed by atoms with Gasteiger partial charge in [0.25, 0.3) is 0 Å². The number of urea groups is 1. The number of rotatable bonds is 5. The highest BCUT2D eigenvalue weighted by atomic mass is 32.2. The van der Waals surface area contributed by atoms with E-state index < -0.39 is 16.1 Å². The Morgan fingerprint density at radius 1 is 1.50 bits per heavy atom. The Morgan fingerprint density at radius 2 is 2.33 bits per heavy atom. The maximum absolute atomic E-state index is 12.1. The zero-order valence-electron chi connectivity index (χ0n) is 13.3. The van der Waals surface area contributed by atoms with Gasteiger partial charge in [-0.15, -0.1) is 0 Å². The van der Waals surface area contributed by atoms with E-state index in [2.05, 4.69) is 25.6 Å². The van der Waals surface area contributed by atoms with E-state index in [1.807, 2.05) is 6.92 Å². The average molecular weight is 352 g/mol. The fraction of sp³-hybridized carbons (Fsp3) is 0.500. The van der Waals surface area contributed by atoms with E-state index >= 15 is 0 Å². The molecular weight excluding hydrogens is 332 g/mol. The summed E-state index contributed by atoms with van der Waals surface area (Å²) in [4.78, 5) is 23.4. The molecule has 10 heteroatoms. The predicted octanol–water partition coefficient (Wildman–Crippen LogP) is 0.893. The lowest BCUT2D eigenvalue weighted by Crippen LogP contribution is -2.41. The molecule has 1 fully saturated rings. The molecule has 2 aromatic heterocycles. The number of carbonyl (C=O) groups excluding carboxylic acids is 1. The lowest BCUT2D eigenvalue weighted by molar-refractivity contribution is 0.248. The van der Waals surface area contributed by atoms with Gasteiger partial charge in [-0.05, 0) is 18.9 Å². The van der Waals surface area contributed by atoms with Gasteiger partial charge in [-0.1, -0.05) is 6.92 Å². The molecule has 3 rings (SSSR count). The smallest absolute Gasteiger partial charge is 0.320 e. The zero-order valence-corrected chi connectivity index (χ0v) is 14.1. The summed E-state index contributed by atoms with van der Waals surface area (Å²) in [5.74, 6) is 0.478. The van der Waals surface area contributed by atoms with Gasteiger partial charge < -0.3 is 10.3 Å². The average Bonchev–Trinajstić information content (AvgIpc) is 3.15. The van der Waals surface area contributed by atoms with Crippen LogP contribution in [0.1, 0.15) is 19.8 Å². The van der Waals surface area contributed by atoms with E-state index in [4.69, 9.17) is 0 Å². The maximum Gasteiger partial charge on any atom is 0.320 e. The molecule has 130 valence electrons. The van der Waals surface area contributed by atoms with Crippen LogP contribution in [0.25, 0.3) is 11.2 Å². The van der Waals surface area contributed by atoms with Crippen LogP contribution in [0.3, 0.4) is 0 Å². The van der Waals surface area contributed by atoms with E-state index in [9.17, 15) is 13.2 Å². The van der Waals surface area contributed by atoms with Crippen LogP contribution in [0.4, 0.5) is 10.6 Å². The highest BCUT2D eigenvalue weighted by Gasteiger charge is 2.31. The van der Waals surface area contributed by atoms with Crippen molar-refractivity contribution in [2.24, 2.45) is 0 Å². The predicted molar refractivity (Wildman–Crippen MR) is 90.1 cm³/mol. The van der Waals surface area contributed by atoms with Crippen LogP contribution >= 0.6 is 0 Å². The molecule has 3 heterocycles. The first-order chi connectivity index (χ1) is 11.5. The van der Waals surface area contributed by atoms with Crippen LogP contribution < -0.4 is 10.6 Å². The largest absolute Gasteiger partial charge is 0.345 e. The van der Waals surface area contributed by atoms with Crippen LogP contribution in [0, 0.1) is 0 Å². The molecule has 9 nitrogen and oxygen atoms in total. The van der Waals surface area contributed by atoms with Crippen LogP contribution in [0.2, 0.25) is 0 Å². The number of carbonyl (C=O) groups is 1. The van der Waals surface area contributed by atoms with Crippen molar-refractivity contribution in [1.82, 2.24) is 24.6 Å². The summed E-state index contributed by atoms with van der Waals surface area (Å²) in [6, 6.07) is 1.14. The number of hydrogen-bond acceptors (Lipinski definition) is 5. The molecule has 0 spiro atoms. The number of nitrogens with zero attached hydrogens (tertiary/aromatic N) is 3. The minimum absolute atomic E-state index is 0.137. The molecule has 0 aromatic carbocycles. The number of amides is 2. The van der Waals surface area contributed by atoms with Crippen LogP contribution in [0.15, 0.2) is 18.5 Å². The van der Waals surface area contributed by atoms with Gasteiger partial charge in [0, 0.05) is 25.3 Å². The number of sulfonamides is 1. The number of anilines is 1. The highest BCUT2D eigenvalue weighted by Crippen LogP contribution is 2.15. The normalized spacial score (nSPS) is 18.8. The summed E-state index contributed by atoms with van der Waals surface area (Å²) in [6.07, 6.45) is 4.36. The zero-order chi connectivity index (χ0) is 17.2. The lowest BCUT2D eigenvalue weighted by atomic mass is 10.3. The molecule has 1 aliphatic heterocycles. The molecule has 0 saturated carbocycles. The standard InChI is InChI=1S/C14H20N6O3S/c1-2-7-24(22,23)20-6-4-10(9-20)17-14(21)19-12-8-16-13-11(18-12)3-5-15-13/h3,5,8,10H,2,4,6-7,9H2,1H3,(H,15,16)(H2,17,18,19,21)/t10-/m0/s1. The number of H-pyrrole nitrogens is 1. The first kappa shape index (κ1) is 16.7. The molecule has 0 radical (unpaired) electrons. The first-order valence-electron chi connectivity index (χ1n) is 7.83. The molecule has 1 aliphatic rings. The Bertz CT molecular complexity index is 834. The second-order valence-corrected chi connectivity index (χ2v) is 7.81. The Hall–Kier alpha value is -2.20. The van der Waals surface area contributed by atoms with E-state index in [1.54, 1.807) is 12.3 Å². The molecule has 1 atom stereocenters. The summed E-state index contributed by atoms with van der Waals surface area (Å²) < 4.78 is 25.5. The molecule has 1 saturated heterocycles. The first-order valence-corrected chi connectivity index (χ1v) is 9.44. The summed E-state index contributed by atoms with van der Waals surface area (Å²) in [5, 5.41) is 5.41. The number of aromatic nitrogens is 3. The summed E-state index contributed by atoms with van der Waals surface area (Å²) in [7, 11) is -3.22. The Morgan fingerprint density at radius 3 is 3.12 bits per heavy atom. The van der Waals surface area contributed by atoms with Gasteiger partial charge >= 0.3 is 6.03 Å². The van der Waals surface area contributed by atoms with E-state index in [1.165, 1.54) is 10.5 Å². The number of hydrogen-bond donors (Lipinski definition) is 3. The molecule has 3 N–H and O–H groups in total. The van der Waals surface area contributed by atoms with Crippen molar-refractivity contribution in [3.05, 3.63) is 18.5 Å².